The molecule has 0 bridgehead atoms. The maximum atomic E-state index is 13.2. The molecule has 2 aromatic heterocycles. The van der Waals surface area contributed by atoms with Crippen molar-refractivity contribution in [2.24, 2.45) is 5.92 Å². The van der Waals surface area contributed by atoms with Crippen molar-refractivity contribution in [3.05, 3.63) is 68.9 Å². The molecule has 4 rings (SSSR count). The molecule has 0 N–H and O–H groups in total. The Balaban J connectivity index is 1.54. The Hall–Kier alpha value is -3.00. The molecule has 1 aromatic carbocycles. The van der Waals surface area contributed by atoms with Crippen molar-refractivity contribution in [2.45, 2.75) is 46.7 Å². The quantitative estimate of drug-likeness (QED) is 0.507. The first kappa shape index (κ1) is 22.2. The first-order valence-electron chi connectivity index (χ1n) is 11.0. The van der Waals surface area contributed by atoms with Crippen LogP contribution in [0.15, 0.2) is 35.7 Å². The van der Waals surface area contributed by atoms with Crippen LogP contribution in [0.2, 0.25) is 0 Å². The van der Waals surface area contributed by atoms with Gasteiger partial charge >= 0.3 is 5.97 Å². The van der Waals surface area contributed by atoms with Gasteiger partial charge in [-0.1, -0.05) is 44.2 Å². The Morgan fingerprint density at radius 1 is 1.22 bits per heavy atom. The van der Waals surface area contributed by atoms with Crippen LogP contribution in [0.4, 0.5) is 0 Å². The summed E-state index contributed by atoms with van der Waals surface area (Å²) in [5.74, 6) is -0.149. The van der Waals surface area contributed by atoms with Crippen molar-refractivity contribution in [3.63, 3.8) is 0 Å². The number of ether oxygens (including phenoxy) is 1. The first-order chi connectivity index (χ1) is 15.5. The topological polar surface area (TPSA) is 77.3 Å². The SMILES string of the molecule is CCOC(=O)c1nn(CC(C)C)c2c1CN(C(=O)c1csc(Cc3ccccc3)n1)CC2. The zero-order chi connectivity index (χ0) is 22.7. The Labute approximate surface area is 192 Å². The van der Waals surface area contributed by atoms with Gasteiger partial charge in [-0.15, -0.1) is 11.3 Å². The Bertz CT molecular complexity index is 1100. The van der Waals surface area contributed by atoms with Gasteiger partial charge in [0, 0.05) is 42.6 Å². The maximum Gasteiger partial charge on any atom is 0.359 e. The number of aromatic nitrogens is 3. The molecule has 0 atom stereocenters. The normalized spacial score (nSPS) is 13.3. The molecule has 0 spiro atoms. The number of amides is 1. The number of benzene rings is 1. The second kappa shape index (κ2) is 9.65. The third-order valence-electron chi connectivity index (χ3n) is 5.40. The fourth-order valence-corrected chi connectivity index (χ4v) is 4.75. The predicted molar refractivity (Wildman–Crippen MR) is 123 cm³/mol. The number of fused-ring (bicyclic) bond motifs is 1. The van der Waals surface area contributed by atoms with E-state index in [1.165, 1.54) is 16.9 Å². The van der Waals surface area contributed by atoms with Crippen molar-refractivity contribution >= 4 is 23.2 Å². The smallest absolute Gasteiger partial charge is 0.359 e. The molecule has 0 fully saturated rings. The van der Waals surface area contributed by atoms with Crippen LogP contribution < -0.4 is 0 Å². The molecule has 8 heteroatoms. The highest BCUT2D eigenvalue weighted by atomic mass is 32.1. The first-order valence-corrected chi connectivity index (χ1v) is 11.9. The van der Waals surface area contributed by atoms with Crippen molar-refractivity contribution in [1.29, 1.82) is 0 Å². The summed E-state index contributed by atoms with van der Waals surface area (Å²) in [5, 5.41) is 7.29. The molecule has 0 unspecified atom stereocenters. The van der Waals surface area contributed by atoms with E-state index in [1.807, 2.05) is 28.3 Å². The van der Waals surface area contributed by atoms with Crippen molar-refractivity contribution in [1.82, 2.24) is 19.7 Å². The van der Waals surface area contributed by atoms with E-state index in [4.69, 9.17) is 4.74 Å². The molecule has 0 radical (unpaired) electrons. The molecular weight excluding hydrogens is 424 g/mol. The summed E-state index contributed by atoms with van der Waals surface area (Å²) >= 11 is 1.50. The Morgan fingerprint density at radius 2 is 2.00 bits per heavy atom. The lowest BCUT2D eigenvalue weighted by Gasteiger charge is -2.27. The standard InChI is InChI=1S/C24H28N4O3S/c1-4-31-24(30)22-18-14-27(11-10-20(18)28(26-22)13-16(2)3)23(29)19-15-32-21(25-19)12-17-8-6-5-7-9-17/h5-9,15-16H,4,10-14H2,1-3H3. The zero-order valence-corrected chi connectivity index (χ0v) is 19.5. The summed E-state index contributed by atoms with van der Waals surface area (Å²) in [7, 11) is 0. The molecule has 0 aliphatic carbocycles. The van der Waals surface area contributed by atoms with Crippen LogP contribution in [0.5, 0.6) is 0 Å². The Morgan fingerprint density at radius 3 is 2.72 bits per heavy atom. The van der Waals surface area contributed by atoms with Gasteiger partial charge in [0.25, 0.3) is 5.91 Å². The van der Waals surface area contributed by atoms with Gasteiger partial charge in [0.15, 0.2) is 5.69 Å². The molecule has 1 aliphatic heterocycles. The van der Waals surface area contributed by atoms with Crippen molar-refractivity contribution < 1.29 is 14.3 Å². The highest BCUT2D eigenvalue weighted by Crippen LogP contribution is 2.26. The third kappa shape index (κ3) is 4.75. The Kier molecular flexibility index (Phi) is 6.69. The predicted octanol–water partition coefficient (Wildman–Crippen LogP) is 3.96. The van der Waals surface area contributed by atoms with Gasteiger partial charge < -0.3 is 9.64 Å². The van der Waals surface area contributed by atoms with E-state index in [2.05, 4.69) is 36.1 Å². The molecular formula is C24H28N4O3S. The maximum absolute atomic E-state index is 13.2. The lowest BCUT2D eigenvalue weighted by atomic mass is 10.0. The highest BCUT2D eigenvalue weighted by molar-refractivity contribution is 7.09. The van der Waals surface area contributed by atoms with E-state index in [1.54, 1.807) is 11.8 Å². The van der Waals surface area contributed by atoms with E-state index < -0.39 is 5.97 Å². The van der Waals surface area contributed by atoms with Crippen LogP contribution in [-0.2, 0) is 30.7 Å². The average Bonchev–Trinajstić information content (AvgIpc) is 3.38. The molecule has 3 heterocycles. The largest absolute Gasteiger partial charge is 0.461 e. The number of nitrogens with zero attached hydrogens (tertiary/aromatic N) is 4. The van der Waals surface area contributed by atoms with Crippen LogP contribution in [0.25, 0.3) is 0 Å². The van der Waals surface area contributed by atoms with E-state index in [9.17, 15) is 9.59 Å². The van der Waals surface area contributed by atoms with Gasteiger partial charge in [0.2, 0.25) is 0 Å². The molecule has 0 saturated heterocycles. The summed E-state index contributed by atoms with van der Waals surface area (Å²) < 4.78 is 7.14. The van der Waals surface area contributed by atoms with Crippen molar-refractivity contribution in [2.75, 3.05) is 13.2 Å². The van der Waals surface area contributed by atoms with Gasteiger partial charge in [-0.3, -0.25) is 9.48 Å². The minimum atomic E-state index is -0.431. The number of carbonyl (C=O) groups excluding carboxylic acids is 2. The number of carbonyl (C=O) groups is 2. The van der Waals surface area contributed by atoms with Crippen LogP contribution in [0.3, 0.4) is 0 Å². The number of esters is 1. The molecule has 7 nitrogen and oxygen atoms in total. The number of hydrogen-bond donors (Lipinski definition) is 0. The monoisotopic (exact) mass is 452 g/mol. The second-order valence-electron chi connectivity index (χ2n) is 8.34. The molecule has 1 aliphatic rings. The van der Waals surface area contributed by atoms with Crippen LogP contribution in [0.1, 0.15) is 63.6 Å². The second-order valence-corrected chi connectivity index (χ2v) is 9.28. The van der Waals surface area contributed by atoms with Crippen LogP contribution in [0, 0.1) is 5.92 Å². The highest BCUT2D eigenvalue weighted by Gasteiger charge is 2.31. The number of hydrogen-bond acceptors (Lipinski definition) is 6. The van der Waals surface area contributed by atoms with Gasteiger partial charge in [-0.05, 0) is 18.4 Å². The van der Waals surface area contributed by atoms with Crippen LogP contribution >= 0.6 is 11.3 Å². The van der Waals surface area contributed by atoms with E-state index >= 15 is 0 Å². The van der Waals surface area contributed by atoms with E-state index in [0.717, 1.165) is 22.8 Å². The van der Waals surface area contributed by atoms with Gasteiger partial charge in [0.05, 0.1) is 18.2 Å². The van der Waals surface area contributed by atoms with Crippen LogP contribution in [-0.4, -0.2) is 44.7 Å². The lowest BCUT2D eigenvalue weighted by molar-refractivity contribution is 0.0512. The summed E-state index contributed by atoms with van der Waals surface area (Å²) in [6.07, 6.45) is 1.36. The molecule has 168 valence electrons. The minimum Gasteiger partial charge on any atom is -0.461 e. The van der Waals surface area contributed by atoms with Gasteiger partial charge in [-0.2, -0.15) is 5.10 Å². The zero-order valence-electron chi connectivity index (χ0n) is 18.7. The summed E-state index contributed by atoms with van der Waals surface area (Å²) in [6.45, 7) is 7.94. The van der Waals surface area contributed by atoms with Gasteiger partial charge in [0.1, 0.15) is 5.69 Å². The average molecular weight is 453 g/mol. The minimum absolute atomic E-state index is 0.113. The molecule has 0 saturated carbocycles. The molecule has 3 aromatic rings. The number of thiazole rings is 1. The van der Waals surface area contributed by atoms with Crippen molar-refractivity contribution in [3.8, 4) is 0 Å². The number of rotatable bonds is 7. The fourth-order valence-electron chi connectivity index (χ4n) is 3.95. The summed E-state index contributed by atoms with van der Waals surface area (Å²) in [4.78, 5) is 32.1. The summed E-state index contributed by atoms with van der Waals surface area (Å²) in [6, 6.07) is 10.1. The fraction of sp³-hybridized carbons (Fsp3) is 0.417. The van der Waals surface area contributed by atoms with E-state index in [-0.39, 0.29) is 12.5 Å². The molecule has 32 heavy (non-hydrogen) atoms. The molecule has 1 amide bonds. The third-order valence-corrected chi connectivity index (χ3v) is 6.25. The van der Waals surface area contributed by atoms with Gasteiger partial charge in [-0.25, -0.2) is 9.78 Å². The summed E-state index contributed by atoms with van der Waals surface area (Å²) in [5.41, 5.74) is 3.76. The van der Waals surface area contributed by atoms with E-state index in [0.29, 0.717) is 43.2 Å². The lowest BCUT2D eigenvalue weighted by Crippen LogP contribution is -2.37.